The average molecular weight is 340 g/mol. The molecule has 23 heavy (non-hydrogen) atoms. The molecule has 0 atom stereocenters. The summed E-state index contributed by atoms with van der Waals surface area (Å²) in [5.74, 6) is 0.601. The number of fused-ring (bicyclic) bond motifs is 2. The number of aryl methyl sites for hydroxylation is 1. The highest BCUT2D eigenvalue weighted by Gasteiger charge is 2.08. The lowest BCUT2D eigenvalue weighted by Crippen LogP contribution is -2.15. The van der Waals surface area contributed by atoms with Gasteiger partial charge in [-0.3, -0.25) is 9.20 Å². The number of rotatable bonds is 3. The molecule has 5 nitrogen and oxygen atoms in total. The maximum absolute atomic E-state index is 12.2. The predicted octanol–water partition coefficient (Wildman–Crippen LogP) is 3.30. The maximum atomic E-state index is 12.2. The quantitative estimate of drug-likeness (QED) is 0.423. The molecule has 4 aromatic heterocycles. The van der Waals surface area contributed by atoms with E-state index in [9.17, 15) is 4.79 Å². The second kappa shape index (κ2) is 5.75. The Morgan fingerprint density at radius 3 is 3.09 bits per heavy atom. The average Bonchev–Trinajstić information content (AvgIpc) is 3.01. The third kappa shape index (κ3) is 2.73. The van der Waals surface area contributed by atoms with E-state index in [1.807, 2.05) is 30.5 Å². The van der Waals surface area contributed by atoms with Gasteiger partial charge >= 0.3 is 0 Å². The van der Waals surface area contributed by atoms with Crippen LogP contribution in [0.2, 0.25) is 0 Å². The molecule has 0 spiro atoms. The van der Waals surface area contributed by atoms with Crippen molar-refractivity contribution in [3.8, 4) is 0 Å². The first kappa shape index (κ1) is 14.3. The minimum absolute atomic E-state index is 0.0606. The van der Waals surface area contributed by atoms with Gasteiger partial charge < -0.3 is 0 Å². The van der Waals surface area contributed by atoms with Gasteiger partial charge in [0.2, 0.25) is 0 Å². The Balaban J connectivity index is 1.68. The third-order valence-electron chi connectivity index (χ3n) is 3.44. The first-order valence-electron chi connectivity index (χ1n) is 7.01. The molecule has 4 rings (SSSR count). The molecule has 0 saturated carbocycles. The minimum Gasteiger partial charge on any atom is -0.269 e. The largest absolute Gasteiger partial charge is 0.269 e. The molecule has 0 aliphatic heterocycles. The van der Waals surface area contributed by atoms with E-state index in [0.717, 1.165) is 26.5 Å². The summed E-state index contributed by atoms with van der Waals surface area (Å²) in [4.78, 5) is 25.3. The fourth-order valence-corrected chi connectivity index (χ4v) is 4.18. The van der Waals surface area contributed by atoms with Crippen molar-refractivity contribution in [3.63, 3.8) is 0 Å². The summed E-state index contributed by atoms with van der Waals surface area (Å²) in [7, 11) is 0. The molecule has 7 heteroatoms. The second-order valence-corrected chi connectivity index (χ2v) is 7.00. The van der Waals surface area contributed by atoms with E-state index in [0.29, 0.717) is 11.4 Å². The van der Waals surface area contributed by atoms with Gasteiger partial charge in [0.15, 0.2) is 0 Å². The molecule has 0 radical (unpaired) electrons. The van der Waals surface area contributed by atoms with Crippen LogP contribution < -0.4 is 5.56 Å². The van der Waals surface area contributed by atoms with Crippen LogP contribution in [0.3, 0.4) is 0 Å². The molecule has 114 valence electrons. The zero-order valence-corrected chi connectivity index (χ0v) is 13.9. The topological polar surface area (TPSA) is 60.2 Å². The fourth-order valence-electron chi connectivity index (χ4n) is 2.34. The van der Waals surface area contributed by atoms with E-state index >= 15 is 0 Å². The van der Waals surface area contributed by atoms with Gasteiger partial charge in [0.25, 0.3) is 5.56 Å². The third-order valence-corrected chi connectivity index (χ3v) is 5.51. The Hall–Kier alpha value is -2.25. The van der Waals surface area contributed by atoms with Crippen molar-refractivity contribution in [1.29, 1.82) is 0 Å². The summed E-state index contributed by atoms with van der Waals surface area (Å²) in [5.41, 5.74) is 3.41. The van der Waals surface area contributed by atoms with Gasteiger partial charge in [-0.25, -0.2) is 15.0 Å². The molecule has 0 amide bonds. The van der Waals surface area contributed by atoms with Crippen LogP contribution in [-0.4, -0.2) is 19.4 Å². The molecule has 0 aliphatic carbocycles. The normalized spacial score (nSPS) is 11.3. The Morgan fingerprint density at radius 2 is 2.17 bits per heavy atom. The first-order valence-corrected chi connectivity index (χ1v) is 8.87. The molecule has 0 fully saturated rings. The minimum atomic E-state index is -0.0606. The SMILES string of the molecule is Cc1ccn2c(=O)cc(CSc3ncnc4ccsc34)nc2c1. The van der Waals surface area contributed by atoms with Crippen molar-refractivity contribution in [2.45, 2.75) is 17.7 Å². The van der Waals surface area contributed by atoms with E-state index < -0.39 is 0 Å². The van der Waals surface area contributed by atoms with Gasteiger partial charge in [-0.1, -0.05) is 11.8 Å². The summed E-state index contributed by atoms with van der Waals surface area (Å²) >= 11 is 3.20. The van der Waals surface area contributed by atoms with Crippen molar-refractivity contribution in [1.82, 2.24) is 19.4 Å². The van der Waals surface area contributed by atoms with Gasteiger partial charge in [0.05, 0.1) is 15.9 Å². The Labute approximate surface area is 140 Å². The molecule has 0 N–H and O–H groups in total. The number of hydrogen-bond donors (Lipinski definition) is 0. The molecule has 4 heterocycles. The van der Waals surface area contributed by atoms with Crippen LogP contribution in [0.4, 0.5) is 0 Å². The molecule has 0 unspecified atom stereocenters. The lowest BCUT2D eigenvalue weighted by molar-refractivity contribution is 1.00. The van der Waals surface area contributed by atoms with E-state index in [2.05, 4.69) is 15.0 Å². The van der Waals surface area contributed by atoms with E-state index in [4.69, 9.17) is 0 Å². The van der Waals surface area contributed by atoms with Gasteiger partial charge in [0, 0.05) is 18.0 Å². The maximum Gasteiger partial charge on any atom is 0.258 e. The Kier molecular flexibility index (Phi) is 3.59. The molecule has 0 aliphatic rings. The zero-order chi connectivity index (χ0) is 15.8. The lowest BCUT2D eigenvalue weighted by Gasteiger charge is -2.05. The number of pyridine rings is 1. The lowest BCUT2D eigenvalue weighted by atomic mass is 10.3. The van der Waals surface area contributed by atoms with Crippen LogP contribution in [0.5, 0.6) is 0 Å². The van der Waals surface area contributed by atoms with E-state index in [1.54, 1.807) is 46.1 Å². The Morgan fingerprint density at radius 1 is 1.26 bits per heavy atom. The molecular weight excluding hydrogens is 328 g/mol. The van der Waals surface area contributed by atoms with E-state index in [1.165, 1.54) is 0 Å². The summed E-state index contributed by atoms with van der Waals surface area (Å²) in [5, 5.41) is 2.93. The Bertz CT molecular complexity index is 1070. The smallest absolute Gasteiger partial charge is 0.258 e. The van der Waals surface area contributed by atoms with Crippen molar-refractivity contribution in [2.75, 3.05) is 0 Å². The van der Waals surface area contributed by atoms with Crippen molar-refractivity contribution < 1.29 is 0 Å². The van der Waals surface area contributed by atoms with Crippen LogP contribution in [-0.2, 0) is 5.75 Å². The molecule has 4 aromatic rings. The number of thiophene rings is 1. The highest BCUT2D eigenvalue weighted by atomic mass is 32.2. The zero-order valence-electron chi connectivity index (χ0n) is 12.3. The second-order valence-electron chi connectivity index (χ2n) is 5.12. The fraction of sp³-hybridized carbons (Fsp3) is 0.125. The highest BCUT2D eigenvalue weighted by Crippen LogP contribution is 2.30. The summed E-state index contributed by atoms with van der Waals surface area (Å²) < 4.78 is 2.63. The van der Waals surface area contributed by atoms with Gasteiger partial charge in [-0.15, -0.1) is 11.3 Å². The molecule has 0 aromatic carbocycles. The van der Waals surface area contributed by atoms with Crippen LogP contribution in [0.25, 0.3) is 15.9 Å². The van der Waals surface area contributed by atoms with Gasteiger partial charge in [0.1, 0.15) is 17.0 Å². The standard InChI is InChI=1S/C16H12N4OS2/c1-10-2-4-20-13(6-10)19-11(7-14(20)21)8-23-16-15-12(3-5-22-15)17-9-18-16/h2-7,9H,8H2,1H3. The first-order chi connectivity index (χ1) is 11.2. The van der Waals surface area contributed by atoms with Crippen molar-refractivity contribution in [3.05, 3.63) is 63.8 Å². The van der Waals surface area contributed by atoms with Crippen molar-refractivity contribution in [2.24, 2.45) is 0 Å². The van der Waals surface area contributed by atoms with Crippen molar-refractivity contribution >= 4 is 39.0 Å². The number of hydrogen-bond acceptors (Lipinski definition) is 6. The monoisotopic (exact) mass is 340 g/mol. The predicted molar refractivity (Wildman–Crippen MR) is 93.2 cm³/mol. The summed E-state index contributed by atoms with van der Waals surface area (Å²) in [6.07, 6.45) is 3.33. The summed E-state index contributed by atoms with van der Waals surface area (Å²) in [6.45, 7) is 1.99. The van der Waals surface area contributed by atoms with Crippen LogP contribution in [0.15, 0.2) is 52.0 Å². The number of aromatic nitrogens is 4. The highest BCUT2D eigenvalue weighted by molar-refractivity contribution is 7.98. The number of thioether (sulfide) groups is 1. The van der Waals surface area contributed by atoms with Crippen LogP contribution >= 0.6 is 23.1 Å². The molecule has 0 bridgehead atoms. The molecular formula is C16H12N4OS2. The summed E-state index contributed by atoms with van der Waals surface area (Å²) in [6, 6.07) is 7.38. The number of nitrogens with zero attached hydrogens (tertiary/aromatic N) is 4. The van der Waals surface area contributed by atoms with E-state index in [-0.39, 0.29) is 5.56 Å². The molecule has 0 saturated heterocycles. The van der Waals surface area contributed by atoms with Crippen LogP contribution in [0, 0.1) is 6.92 Å². The van der Waals surface area contributed by atoms with Gasteiger partial charge in [-0.05, 0) is 36.1 Å². The van der Waals surface area contributed by atoms with Gasteiger partial charge in [-0.2, -0.15) is 0 Å². The van der Waals surface area contributed by atoms with Crippen LogP contribution in [0.1, 0.15) is 11.3 Å².